The summed E-state index contributed by atoms with van der Waals surface area (Å²) in [6.07, 6.45) is 2.45. The van der Waals surface area contributed by atoms with E-state index < -0.39 is 0 Å². The highest BCUT2D eigenvalue weighted by Crippen LogP contribution is 2.28. The van der Waals surface area contributed by atoms with Gasteiger partial charge in [0.25, 0.3) is 0 Å². The molecule has 0 bridgehead atoms. The van der Waals surface area contributed by atoms with Gasteiger partial charge in [-0.05, 0) is 25.7 Å². The van der Waals surface area contributed by atoms with Crippen LogP contribution in [0.1, 0.15) is 26.7 Å². The molecule has 94 valence electrons. The van der Waals surface area contributed by atoms with Crippen molar-refractivity contribution in [1.29, 1.82) is 0 Å². The van der Waals surface area contributed by atoms with Crippen molar-refractivity contribution >= 4 is 17.6 Å². The third kappa shape index (κ3) is 2.41. The van der Waals surface area contributed by atoms with Crippen LogP contribution in [0.25, 0.3) is 0 Å². The van der Waals surface area contributed by atoms with Gasteiger partial charge in [-0.2, -0.15) is 9.97 Å². The standard InChI is InChI=1S/C11H20N6/c1-7-4-3-5-17(8(7)2)10-6-9(16-13)14-11(12)15-10/h6-8H,3-5,13H2,1-2H3,(H3,12,14,15,16). The SMILES string of the molecule is CC1CCCN(c2cc(NN)nc(N)n2)C1C. The fourth-order valence-corrected chi connectivity index (χ4v) is 2.33. The van der Waals surface area contributed by atoms with Gasteiger partial charge in [0.2, 0.25) is 5.95 Å². The quantitative estimate of drug-likeness (QED) is 0.523. The summed E-state index contributed by atoms with van der Waals surface area (Å²) in [7, 11) is 0. The Balaban J connectivity index is 2.29. The zero-order valence-corrected chi connectivity index (χ0v) is 10.3. The average Bonchev–Trinajstić information content (AvgIpc) is 2.31. The van der Waals surface area contributed by atoms with Gasteiger partial charge in [-0.1, -0.05) is 6.92 Å². The molecule has 2 rings (SSSR count). The first-order valence-corrected chi connectivity index (χ1v) is 5.99. The van der Waals surface area contributed by atoms with E-state index in [1.54, 1.807) is 0 Å². The van der Waals surface area contributed by atoms with Gasteiger partial charge in [-0.15, -0.1) is 0 Å². The molecule has 0 aromatic carbocycles. The summed E-state index contributed by atoms with van der Waals surface area (Å²) in [5.41, 5.74) is 8.19. The van der Waals surface area contributed by atoms with Gasteiger partial charge in [-0.3, -0.25) is 0 Å². The van der Waals surface area contributed by atoms with E-state index in [-0.39, 0.29) is 5.95 Å². The molecule has 1 aromatic rings. The van der Waals surface area contributed by atoms with E-state index in [4.69, 9.17) is 11.6 Å². The Hall–Kier alpha value is -1.56. The molecule has 0 amide bonds. The number of nitrogens with one attached hydrogen (secondary N) is 1. The molecule has 0 spiro atoms. The summed E-state index contributed by atoms with van der Waals surface area (Å²) in [5.74, 6) is 7.68. The van der Waals surface area contributed by atoms with Crippen molar-refractivity contribution in [2.24, 2.45) is 11.8 Å². The maximum Gasteiger partial charge on any atom is 0.223 e. The predicted molar refractivity (Wildman–Crippen MR) is 69.5 cm³/mol. The fourth-order valence-electron chi connectivity index (χ4n) is 2.33. The van der Waals surface area contributed by atoms with Crippen molar-refractivity contribution < 1.29 is 0 Å². The van der Waals surface area contributed by atoms with Crippen molar-refractivity contribution in [2.75, 3.05) is 22.6 Å². The minimum absolute atomic E-state index is 0.251. The van der Waals surface area contributed by atoms with Crippen LogP contribution < -0.4 is 21.9 Å². The number of nitrogen functional groups attached to an aromatic ring is 2. The third-order valence-electron chi connectivity index (χ3n) is 3.55. The molecule has 5 N–H and O–H groups in total. The van der Waals surface area contributed by atoms with Crippen LogP contribution >= 0.6 is 0 Å². The summed E-state index contributed by atoms with van der Waals surface area (Å²) in [4.78, 5) is 10.6. The van der Waals surface area contributed by atoms with Crippen molar-refractivity contribution in [3.05, 3.63) is 6.07 Å². The van der Waals surface area contributed by atoms with E-state index in [0.717, 1.165) is 12.4 Å². The highest BCUT2D eigenvalue weighted by atomic mass is 15.3. The van der Waals surface area contributed by atoms with E-state index in [9.17, 15) is 0 Å². The molecular weight excluding hydrogens is 216 g/mol. The molecule has 0 saturated carbocycles. The van der Waals surface area contributed by atoms with Gasteiger partial charge in [-0.25, -0.2) is 5.84 Å². The number of hydrazine groups is 1. The topological polar surface area (TPSA) is 93.1 Å². The highest BCUT2D eigenvalue weighted by molar-refractivity contribution is 5.52. The van der Waals surface area contributed by atoms with Crippen LogP contribution in [0, 0.1) is 5.92 Å². The van der Waals surface area contributed by atoms with Crippen LogP contribution in [0.4, 0.5) is 17.6 Å². The van der Waals surface area contributed by atoms with Crippen LogP contribution in [0.3, 0.4) is 0 Å². The summed E-state index contributed by atoms with van der Waals surface area (Å²) in [6, 6.07) is 2.30. The second-order valence-electron chi connectivity index (χ2n) is 4.67. The first-order chi connectivity index (χ1) is 8.11. The number of nitrogens with two attached hydrogens (primary N) is 2. The van der Waals surface area contributed by atoms with Gasteiger partial charge in [0.1, 0.15) is 11.6 Å². The van der Waals surface area contributed by atoms with E-state index in [1.165, 1.54) is 12.8 Å². The lowest BCUT2D eigenvalue weighted by atomic mass is 9.92. The molecule has 1 aromatic heterocycles. The van der Waals surface area contributed by atoms with Crippen LogP contribution in [0.15, 0.2) is 6.07 Å². The molecule has 1 aliphatic heterocycles. The molecule has 2 unspecified atom stereocenters. The summed E-state index contributed by atoms with van der Waals surface area (Å²) >= 11 is 0. The van der Waals surface area contributed by atoms with E-state index in [0.29, 0.717) is 17.8 Å². The monoisotopic (exact) mass is 236 g/mol. The predicted octanol–water partition coefficient (Wildman–Crippen LogP) is 0.969. The van der Waals surface area contributed by atoms with Crippen LogP contribution in [-0.2, 0) is 0 Å². The van der Waals surface area contributed by atoms with E-state index in [1.807, 2.05) is 6.07 Å². The minimum Gasteiger partial charge on any atom is -0.368 e. The van der Waals surface area contributed by atoms with E-state index >= 15 is 0 Å². The minimum atomic E-state index is 0.251. The lowest BCUT2D eigenvalue weighted by Crippen LogP contribution is -2.43. The normalized spacial score (nSPS) is 24.8. The third-order valence-corrected chi connectivity index (χ3v) is 3.55. The number of aromatic nitrogens is 2. The molecule has 1 aliphatic rings. The van der Waals surface area contributed by atoms with Crippen LogP contribution in [0.5, 0.6) is 0 Å². The maximum absolute atomic E-state index is 5.68. The molecule has 2 heterocycles. The first-order valence-electron chi connectivity index (χ1n) is 5.99. The molecule has 6 heteroatoms. The maximum atomic E-state index is 5.68. The number of piperidine rings is 1. The number of rotatable bonds is 2. The first kappa shape index (κ1) is 11.9. The number of hydrogen-bond donors (Lipinski definition) is 3. The smallest absolute Gasteiger partial charge is 0.223 e. The molecule has 6 nitrogen and oxygen atoms in total. The Morgan fingerprint density at radius 3 is 2.88 bits per heavy atom. The zero-order valence-electron chi connectivity index (χ0n) is 10.3. The largest absolute Gasteiger partial charge is 0.368 e. The fraction of sp³-hybridized carbons (Fsp3) is 0.636. The van der Waals surface area contributed by atoms with Gasteiger partial charge in [0.05, 0.1) is 0 Å². The average molecular weight is 236 g/mol. The highest BCUT2D eigenvalue weighted by Gasteiger charge is 2.26. The molecule has 0 aliphatic carbocycles. The van der Waals surface area contributed by atoms with Gasteiger partial charge in [0, 0.05) is 18.7 Å². The molecular formula is C11H20N6. The van der Waals surface area contributed by atoms with Crippen LogP contribution in [-0.4, -0.2) is 22.6 Å². The molecule has 2 atom stereocenters. The Kier molecular flexibility index (Phi) is 3.33. The Labute approximate surface area is 101 Å². The molecule has 1 saturated heterocycles. The number of hydrogen-bond acceptors (Lipinski definition) is 6. The number of nitrogens with zero attached hydrogens (tertiary/aromatic N) is 3. The zero-order chi connectivity index (χ0) is 12.4. The van der Waals surface area contributed by atoms with E-state index in [2.05, 4.69) is 34.1 Å². The summed E-state index contributed by atoms with van der Waals surface area (Å²) in [6.45, 7) is 5.49. The van der Waals surface area contributed by atoms with Gasteiger partial charge in [0.15, 0.2) is 0 Å². The lowest BCUT2D eigenvalue weighted by molar-refractivity contribution is 0.361. The van der Waals surface area contributed by atoms with Gasteiger partial charge < -0.3 is 16.1 Å². The van der Waals surface area contributed by atoms with Crippen molar-refractivity contribution in [3.63, 3.8) is 0 Å². The molecule has 0 radical (unpaired) electrons. The van der Waals surface area contributed by atoms with Crippen molar-refractivity contribution in [2.45, 2.75) is 32.7 Å². The second kappa shape index (κ2) is 4.75. The molecule has 17 heavy (non-hydrogen) atoms. The Morgan fingerprint density at radius 1 is 1.41 bits per heavy atom. The summed E-state index contributed by atoms with van der Waals surface area (Å²) in [5, 5.41) is 0. The second-order valence-corrected chi connectivity index (χ2v) is 4.67. The van der Waals surface area contributed by atoms with Gasteiger partial charge >= 0.3 is 0 Å². The van der Waals surface area contributed by atoms with Crippen molar-refractivity contribution in [3.8, 4) is 0 Å². The van der Waals surface area contributed by atoms with Crippen molar-refractivity contribution in [1.82, 2.24) is 9.97 Å². The molecule has 1 fully saturated rings. The number of anilines is 3. The van der Waals surface area contributed by atoms with Crippen LogP contribution in [0.2, 0.25) is 0 Å². The summed E-state index contributed by atoms with van der Waals surface area (Å²) < 4.78 is 0. The Morgan fingerprint density at radius 2 is 2.18 bits per heavy atom. The Bertz CT molecular complexity index is 394. The lowest BCUT2D eigenvalue weighted by Gasteiger charge is -2.38.